The zero-order chi connectivity index (χ0) is 14.3. The number of hydrogen-bond acceptors (Lipinski definition) is 4. The molecule has 0 amide bonds. The van der Waals surface area contributed by atoms with Gasteiger partial charge in [0.2, 0.25) is 0 Å². The van der Waals surface area contributed by atoms with Crippen molar-refractivity contribution in [2.24, 2.45) is 0 Å². The van der Waals surface area contributed by atoms with Gasteiger partial charge in [-0.1, -0.05) is 12.1 Å². The summed E-state index contributed by atoms with van der Waals surface area (Å²) < 4.78 is 5.22. The maximum atomic E-state index is 11.7. The predicted octanol–water partition coefficient (Wildman–Crippen LogP) is 2.96. The monoisotopic (exact) mass is 270 g/mol. The van der Waals surface area contributed by atoms with Crippen molar-refractivity contribution in [3.05, 3.63) is 62.6 Å². The van der Waals surface area contributed by atoms with Crippen LogP contribution in [0.1, 0.15) is 5.56 Å². The topological polar surface area (TPSA) is 89.1 Å². The number of nitro groups is 1. The highest BCUT2D eigenvalue weighted by Crippen LogP contribution is 2.33. The predicted molar refractivity (Wildman–Crippen MR) is 72.8 cm³/mol. The van der Waals surface area contributed by atoms with Crippen molar-refractivity contribution >= 4 is 5.69 Å². The zero-order valence-corrected chi connectivity index (χ0v) is 10.5. The molecule has 100 valence electrons. The third-order valence-electron chi connectivity index (χ3n) is 3.17. The number of benzene rings is 1. The number of fused-ring (bicyclic) bond motifs is 1. The van der Waals surface area contributed by atoms with Gasteiger partial charge in [-0.25, -0.2) is 4.79 Å². The number of aromatic amines is 1. The second-order valence-electron chi connectivity index (χ2n) is 4.44. The van der Waals surface area contributed by atoms with Crippen LogP contribution in [0.15, 0.2) is 45.7 Å². The molecule has 6 heteroatoms. The summed E-state index contributed by atoms with van der Waals surface area (Å²) in [6.45, 7) is 1.66. The van der Waals surface area contributed by atoms with Gasteiger partial charge in [0.1, 0.15) is 0 Å². The highest BCUT2D eigenvalue weighted by molar-refractivity contribution is 5.78. The second-order valence-corrected chi connectivity index (χ2v) is 4.44. The molecule has 1 N–H and O–H groups in total. The first kappa shape index (κ1) is 12.2. The Morgan fingerprint density at radius 3 is 2.85 bits per heavy atom. The van der Waals surface area contributed by atoms with E-state index >= 15 is 0 Å². The molecular weight excluding hydrogens is 260 g/mol. The molecule has 20 heavy (non-hydrogen) atoms. The number of nitrogens with zero attached hydrogens (tertiary/aromatic N) is 1. The summed E-state index contributed by atoms with van der Waals surface area (Å²) in [6, 6.07) is 8.08. The summed E-state index contributed by atoms with van der Waals surface area (Å²) in [7, 11) is 0. The van der Waals surface area contributed by atoms with Crippen molar-refractivity contribution in [2.45, 2.75) is 6.92 Å². The van der Waals surface area contributed by atoms with Crippen LogP contribution in [0.3, 0.4) is 0 Å². The molecule has 1 aromatic rings. The van der Waals surface area contributed by atoms with E-state index in [9.17, 15) is 14.9 Å². The van der Waals surface area contributed by atoms with E-state index in [-0.39, 0.29) is 5.69 Å². The maximum absolute atomic E-state index is 11.7. The van der Waals surface area contributed by atoms with Gasteiger partial charge in [0.25, 0.3) is 5.69 Å². The Kier molecular flexibility index (Phi) is 2.64. The molecule has 0 radical (unpaired) electrons. The molecule has 0 atom stereocenters. The van der Waals surface area contributed by atoms with Crippen LogP contribution >= 0.6 is 0 Å². The normalized spacial score (nSPS) is 10.8. The number of rotatable bonds is 2. The van der Waals surface area contributed by atoms with Crippen LogP contribution in [-0.2, 0) is 0 Å². The molecule has 0 spiro atoms. The van der Waals surface area contributed by atoms with E-state index in [2.05, 4.69) is 4.98 Å². The molecule has 2 heterocycles. The van der Waals surface area contributed by atoms with Gasteiger partial charge in [-0.15, -0.1) is 0 Å². The molecule has 0 saturated heterocycles. The first-order valence-corrected chi connectivity index (χ1v) is 5.93. The van der Waals surface area contributed by atoms with Crippen molar-refractivity contribution in [1.29, 1.82) is 0 Å². The van der Waals surface area contributed by atoms with Gasteiger partial charge in [-0.3, -0.25) is 10.1 Å². The number of pyridine rings is 1. The lowest BCUT2D eigenvalue weighted by Crippen LogP contribution is -1.94. The van der Waals surface area contributed by atoms with Gasteiger partial charge in [-0.05, 0) is 19.1 Å². The van der Waals surface area contributed by atoms with E-state index in [1.807, 2.05) is 0 Å². The molecule has 0 unspecified atom stereocenters. The fourth-order valence-corrected chi connectivity index (χ4v) is 2.14. The molecule has 0 fully saturated rings. The zero-order valence-electron chi connectivity index (χ0n) is 10.5. The van der Waals surface area contributed by atoms with Crippen LogP contribution in [-0.4, -0.2) is 9.91 Å². The SMILES string of the molecule is Cc1ccc(-c2oc(=O)c3ccc[nH]c2-3)cc1[N+](=O)[O-]. The number of nitrogens with one attached hydrogen (secondary N) is 1. The number of furan rings is 1. The van der Waals surface area contributed by atoms with E-state index < -0.39 is 10.5 Å². The van der Waals surface area contributed by atoms with Gasteiger partial charge in [0, 0.05) is 23.4 Å². The van der Waals surface area contributed by atoms with Crippen LogP contribution in [0.4, 0.5) is 5.69 Å². The van der Waals surface area contributed by atoms with Crippen LogP contribution in [0.5, 0.6) is 0 Å². The minimum Gasteiger partial charge on any atom is -0.420 e. The van der Waals surface area contributed by atoms with Crippen molar-refractivity contribution in [3.8, 4) is 22.6 Å². The van der Waals surface area contributed by atoms with Crippen LogP contribution in [0.2, 0.25) is 0 Å². The molecule has 6 nitrogen and oxygen atoms in total. The Labute approximate surface area is 113 Å². The molecule has 3 rings (SSSR count). The summed E-state index contributed by atoms with van der Waals surface area (Å²) in [5.74, 6) is 0.314. The fraction of sp³-hybridized carbons (Fsp3) is 0.0714. The standard InChI is InChI=1S/C14H10N2O4/c1-8-4-5-9(7-11(8)16(18)19)13-12-10(14(17)20-13)3-2-6-15-12/h2-7,15H,1H3. The lowest BCUT2D eigenvalue weighted by atomic mass is 10.1. The Morgan fingerprint density at radius 1 is 1.30 bits per heavy atom. The van der Waals surface area contributed by atoms with Crippen molar-refractivity contribution in [3.63, 3.8) is 0 Å². The van der Waals surface area contributed by atoms with Crippen molar-refractivity contribution < 1.29 is 9.34 Å². The summed E-state index contributed by atoms with van der Waals surface area (Å²) >= 11 is 0. The molecular formula is C14H10N2O4. The van der Waals surface area contributed by atoms with E-state index in [0.29, 0.717) is 28.1 Å². The molecule has 0 saturated carbocycles. The number of aryl methyl sites for hydroxylation is 1. The van der Waals surface area contributed by atoms with Crippen molar-refractivity contribution in [1.82, 2.24) is 4.98 Å². The highest BCUT2D eigenvalue weighted by Gasteiger charge is 2.21. The third kappa shape index (κ3) is 1.78. The van der Waals surface area contributed by atoms with Gasteiger partial charge in [-0.2, -0.15) is 0 Å². The summed E-state index contributed by atoms with van der Waals surface area (Å²) in [4.78, 5) is 25.2. The molecule has 2 aliphatic rings. The van der Waals surface area contributed by atoms with Crippen molar-refractivity contribution in [2.75, 3.05) is 0 Å². The number of H-pyrrole nitrogens is 1. The summed E-state index contributed by atoms with van der Waals surface area (Å²) in [5.41, 5.74) is 1.55. The van der Waals surface area contributed by atoms with Crippen LogP contribution in [0.25, 0.3) is 22.6 Å². The first-order chi connectivity index (χ1) is 9.58. The average Bonchev–Trinajstić information content (AvgIpc) is 2.77. The molecule has 2 aliphatic heterocycles. The first-order valence-electron chi connectivity index (χ1n) is 5.93. The molecule has 0 aliphatic carbocycles. The largest absolute Gasteiger partial charge is 0.420 e. The lowest BCUT2D eigenvalue weighted by molar-refractivity contribution is -0.385. The Hall–Kier alpha value is -2.89. The number of hydrogen-bond donors (Lipinski definition) is 1. The second kappa shape index (κ2) is 4.34. The van der Waals surface area contributed by atoms with E-state index in [4.69, 9.17) is 4.42 Å². The Bertz CT molecular complexity index is 831. The van der Waals surface area contributed by atoms with Gasteiger partial charge >= 0.3 is 5.63 Å². The minimum absolute atomic E-state index is 0.00423. The lowest BCUT2D eigenvalue weighted by Gasteiger charge is -2.02. The Morgan fingerprint density at radius 2 is 2.10 bits per heavy atom. The number of aromatic nitrogens is 1. The smallest absolute Gasteiger partial charge is 0.345 e. The van der Waals surface area contributed by atoms with Crippen LogP contribution < -0.4 is 5.63 Å². The minimum atomic E-state index is -0.463. The van der Waals surface area contributed by atoms with E-state index in [0.717, 1.165) is 0 Å². The molecule has 0 bridgehead atoms. The van der Waals surface area contributed by atoms with Gasteiger partial charge < -0.3 is 9.40 Å². The maximum Gasteiger partial charge on any atom is 0.345 e. The molecule has 1 aromatic carbocycles. The number of nitro benzene ring substituents is 1. The average molecular weight is 270 g/mol. The fourth-order valence-electron chi connectivity index (χ4n) is 2.14. The summed E-state index contributed by atoms with van der Waals surface area (Å²) in [5, 5.41) is 11.0. The highest BCUT2D eigenvalue weighted by atomic mass is 16.6. The summed E-state index contributed by atoms with van der Waals surface area (Å²) in [6.07, 6.45) is 1.67. The van der Waals surface area contributed by atoms with E-state index in [1.54, 1.807) is 37.4 Å². The molecule has 0 aromatic heterocycles. The van der Waals surface area contributed by atoms with Gasteiger partial charge in [0.15, 0.2) is 5.76 Å². The van der Waals surface area contributed by atoms with E-state index in [1.165, 1.54) is 6.07 Å². The third-order valence-corrected chi connectivity index (χ3v) is 3.17. The van der Waals surface area contributed by atoms with Crippen LogP contribution in [0, 0.1) is 17.0 Å². The van der Waals surface area contributed by atoms with Gasteiger partial charge in [0.05, 0.1) is 16.2 Å². The Balaban J connectivity index is 2.24. The quantitative estimate of drug-likeness (QED) is 0.572.